The minimum Gasteiger partial charge on any atom is -0.489 e. The first-order chi connectivity index (χ1) is 9.66. The Labute approximate surface area is 114 Å². The third-order valence-electron chi connectivity index (χ3n) is 2.46. The SMILES string of the molecule is O=C(NCCOc1ccc(F)cc1F)c1cccnc1. The third-order valence-corrected chi connectivity index (χ3v) is 2.46. The fourth-order valence-corrected chi connectivity index (χ4v) is 1.52. The largest absolute Gasteiger partial charge is 0.489 e. The van der Waals surface area contributed by atoms with E-state index in [0.29, 0.717) is 5.56 Å². The van der Waals surface area contributed by atoms with E-state index >= 15 is 0 Å². The molecule has 20 heavy (non-hydrogen) atoms. The first-order valence-electron chi connectivity index (χ1n) is 5.93. The van der Waals surface area contributed by atoms with E-state index in [9.17, 15) is 13.6 Å². The topological polar surface area (TPSA) is 51.2 Å². The summed E-state index contributed by atoms with van der Waals surface area (Å²) in [5, 5.41) is 2.60. The van der Waals surface area contributed by atoms with Crippen molar-refractivity contribution in [2.24, 2.45) is 0 Å². The number of halogens is 2. The lowest BCUT2D eigenvalue weighted by atomic mass is 10.3. The second-order valence-electron chi connectivity index (χ2n) is 3.92. The number of ether oxygens (including phenoxy) is 1. The molecular weight excluding hydrogens is 266 g/mol. The summed E-state index contributed by atoms with van der Waals surface area (Å²) < 4.78 is 31.0. The van der Waals surface area contributed by atoms with Gasteiger partial charge in [0.2, 0.25) is 0 Å². The fourth-order valence-electron chi connectivity index (χ4n) is 1.52. The molecule has 1 N–H and O–H groups in total. The van der Waals surface area contributed by atoms with Crippen LogP contribution in [0.3, 0.4) is 0 Å². The van der Waals surface area contributed by atoms with Gasteiger partial charge in [0.15, 0.2) is 11.6 Å². The maximum Gasteiger partial charge on any atom is 0.252 e. The predicted octanol–water partition coefficient (Wildman–Crippen LogP) is 2.17. The van der Waals surface area contributed by atoms with Crippen LogP contribution in [0.25, 0.3) is 0 Å². The molecule has 0 atom stereocenters. The molecule has 2 rings (SSSR count). The monoisotopic (exact) mass is 278 g/mol. The van der Waals surface area contributed by atoms with Gasteiger partial charge in [-0.3, -0.25) is 9.78 Å². The Morgan fingerprint density at radius 1 is 1.30 bits per heavy atom. The van der Waals surface area contributed by atoms with E-state index in [2.05, 4.69) is 10.3 Å². The smallest absolute Gasteiger partial charge is 0.252 e. The molecule has 0 aliphatic heterocycles. The first-order valence-corrected chi connectivity index (χ1v) is 5.93. The average molecular weight is 278 g/mol. The highest BCUT2D eigenvalue weighted by atomic mass is 19.1. The highest BCUT2D eigenvalue weighted by Gasteiger charge is 2.06. The van der Waals surface area contributed by atoms with Gasteiger partial charge in [0.1, 0.15) is 12.4 Å². The van der Waals surface area contributed by atoms with E-state index in [1.54, 1.807) is 18.3 Å². The van der Waals surface area contributed by atoms with Gasteiger partial charge in [-0.2, -0.15) is 0 Å². The van der Waals surface area contributed by atoms with Gasteiger partial charge < -0.3 is 10.1 Å². The number of carbonyl (C=O) groups excluding carboxylic acids is 1. The molecule has 0 saturated carbocycles. The Kier molecular flexibility index (Phi) is 4.60. The van der Waals surface area contributed by atoms with Crippen LogP contribution < -0.4 is 10.1 Å². The minimum absolute atomic E-state index is 0.0537. The molecule has 0 bridgehead atoms. The van der Waals surface area contributed by atoms with Crippen LogP contribution >= 0.6 is 0 Å². The van der Waals surface area contributed by atoms with Crippen LogP contribution in [-0.4, -0.2) is 24.0 Å². The van der Waals surface area contributed by atoms with Gasteiger partial charge in [0, 0.05) is 18.5 Å². The number of nitrogens with one attached hydrogen (secondary N) is 1. The van der Waals surface area contributed by atoms with Gasteiger partial charge in [-0.1, -0.05) is 0 Å². The molecule has 2 aromatic rings. The highest BCUT2D eigenvalue weighted by molar-refractivity contribution is 5.93. The molecule has 1 aromatic carbocycles. The van der Waals surface area contributed by atoms with E-state index in [0.717, 1.165) is 12.1 Å². The molecule has 0 aliphatic rings. The summed E-state index contributed by atoms with van der Waals surface area (Å²) in [4.78, 5) is 15.5. The normalized spacial score (nSPS) is 10.1. The van der Waals surface area contributed by atoms with E-state index in [4.69, 9.17) is 4.74 Å². The van der Waals surface area contributed by atoms with Crippen molar-refractivity contribution >= 4 is 5.91 Å². The maximum atomic E-state index is 13.2. The second kappa shape index (κ2) is 6.60. The first kappa shape index (κ1) is 13.9. The Hall–Kier alpha value is -2.50. The zero-order valence-corrected chi connectivity index (χ0v) is 10.5. The van der Waals surface area contributed by atoms with Crippen molar-refractivity contribution in [2.75, 3.05) is 13.2 Å². The van der Waals surface area contributed by atoms with Crippen LogP contribution in [0, 0.1) is 11.6 Å². The summed E-state index contributed by atoms with van der Waals surface area (Å²) in [6.07, 6.45) is 3.01. The van der Waals surface area contributed by atoms with Crippen molar-refractivity contribution in [3.63, 3.8) is 0 Å². The number of aromatic nitrogens is 1. The van der Waals surface area contributed by atoms with E-state index in [1.807, 2.05) is 0 Å². The minimum atomic E-state index is -0.774. The molecule has 0 unspecified atom stereocenters. The zero-order valence-electron chi connectivity index (χ0n) is 10.5. The van der Waals surface area contributed by atoms with Crippen molar-refractivity contribution in [2.45, 2.75) is 0 Å². The third kappa shape index (κ3) is 3.74. The Morgan fingerprint density at radius 2 is 2.15 bits per heavy atom. The standard InChI is InChI=1S/C14H12F2N2O2/c15-11-3-4-13(12(16)8-11)20-7-6-18-14(19)10-2-1-5-17-9-10/h1-5,8-9H,6-7H2,(H,18,19). The van der Waals surface area contributed by atoms with Crippen molar-refractivity contribution in [1.82, 2.24) is 10.3 Å². The summed E-state index contributed by atoms with van der Waals surface area (Å²) in [6, 6.07) is 6.33. The summed E-state index contributed by atoms with van der Waals surface area (Å²) in [5.41, 5.74) is 0.431. The van der Waals surface area contributed by atoms with Gasteiger partial charge in [-0.05, 0) is 24.3 Å². The molecule has 6 heteroatoms. The summed E-state index contributed by atoms with van der Waals surface area (Å²) in [5.74, 6) is -1.79. The fraction of sp³-hybridized carbons (Fsp3) is 0.143. The lowest BCUT2D eigenvalue weighted by molar-refractivity contribution is 0.0946. The highest BCUT2D eigenvalue weighted by Crippen LogP contribution is 2.17. The lowest BCUT2D eigenvalue weighted by Gasteiger charge is -2.08. The van der Waals surface area contributed by atoms with Crippen LogP contribution in [0.1, 0.15) is 10.4 Å². The van der Waals surface area contributed by atoms with E-state index < -0.39 is 11.6 Å². The van der Waals surface area contributed by atoms with Crippen LogP contribution in [0.2, 0.25) is 0 Å². The van der Waals surface area contributed by atoms with E-state index in [-0.39, 0.29) is 24.8 Å². The van der Waals surface area contributed by atoms with Crippen LogP contribution in [-0.2, 0) is 0 Å². The predicted molar refractivity (Wildman–Crippen MR) is 68.4 cm³/mol. The number of carbonyl (C=O) groups is 1. The summed E-state index contributed by atoms with van der Waals surface area (Å²) in [6.45, 7) is 0.277. The molecular formula is C14H12F2N2O2. The lowest BCUT2D eigenvalue weighted by Crippen LogP contribution is -2.28. The van der Waals surface area contributed by atoms with Crippen molar-refractivity contribution in [3.8, 4) is 5.75 Å². The zero-order chi connectivity index (χ0) is 14.4. The van der Waals surface area contributed by atoms with Crippen LogP contribution in [0.5, 0.6) is 5.75 Å². The van der Waals surface area contributed by atoms with Gasteiger partial charge in [-0.25, -0.2) is 8.78 Å². The molecule has 0 saturated heterocycles. The van der Waals surface area contributed by atoms with Gasteiger partial charge in [0.25, 0.3) is 5.91 Å². The number of nitrogens with zero attached hydrogens (tertiary/aromatic N) is 1. The number of rotatable bonds is 5. The number of hydrogen-bond donors (Lipinski definition) is 1. The summed E-state index contributed by atoms with van der Waals surface area (Å²) in [7, 11) is 0. The van der Waals surface area contributed by atoms with Gasteiger partial charge >= 0.3 is 0 Å². The average Bonchev–Trinajstić information content (AvgIpc) is 2.46. The van der Waals surface area contributed by atoms with Crippen molar-refractivity contribution in [1.29, 1.82) is 0 Å². The van der Waals surface area contributed by atoms with Crippen molar-refractivity contribution in [3.05, 3.63) is 59.9 Å². The number of pyridine rings is 1. The molecule has 104 valence electrons. The molecule has 1 amide bonds. The van der Waals surface area contributed by atoms with Crippen LogP contribution in [0.15, 0.2) is 42.7 Å². The number of hydrogen-bond acceptors (Lipinski definition) is 3. The van der Waals surface area contributed by atoms with Gasteiger partial charge in [-0.15, -0.1) is 0 Å². The summed E-state index contributed by atoms with van der Waals surface area (Å²) >= 11 is 0. The molecule has 1 aromatic heterocycles. The maximum absolute atomic E-state index is 13.2. The Morgan fingerprint density at radius 3 is 2.85 bits per heavy atom. The molecule has 4 nitrogen and oxygen atoms in total. The second-order valence-corrected chi connectivity index (χ2v) is 3.92. The van der Waals surface area contributed by atoms with E-state index in [1.165, 1.54) is 12.3 Å². The number of amides is 1. The number of benzene rings is 1. The Balaban J connectivity index is 1.78. The van der Waals surface area contributed by atoms with Crippen molar-refractivity contribution < 1.29 is 18.3 Å². The van der Waals surface area contributed by atoms with Gasteiger partial charge in [0.05, 0.1) is 12.1 Å². The molecule has 0 radical (unpaired) electrons. The quantitative estimate of drug-likeness (QED) is 0.853. The molecule has 0 spiro atoms. The molecule has 1 heterocycles. The van der Waals surface area contributed by atoms with Crippen LogP contribution in [0.4, 0.5) is 8.78 Å². The molecule has 0 aliphatic carbocycles. The molecule has 0 fully saturated rings. The Bertz CT molecular complexity index is 591.